The van der Waals surface area contributed by atoms with Gasteiger partial charge in [0.05, 0.1) is 0 Å². The van der Waals surface area contributed by atoms with Gasteiger partial charge in [-0.2, -0.15) is 0 Å². The van der Waals surface area contributed by atoms with Crippen LogP contribution in [0.25, 0.3) is 0 Å². The van der Waals surface area contributed by atoms with Crippen LogP contribution in [0.3, 0.4) is 0 Å². The zero-order chi connectivity index (χ0) is 13.5. The highest BCUT2D eigenvalue weighted by atomic mass is 15.2. The zero-order valence-electron chi connectivity index (χ0n) is 12.1. The zero-order valence-corrected chi connectivity index (χ0v) is 12.1. The molecule has 102 valence electrons. The van der Waals surface area contributed by atoms with Crippen LogP contribution in [-0.2, 0) is 0 Å². The van der Waals surface area contributed by atoms with Gasteiger partial charge in [-0.3, -0.25) is 0 Å². The van der Waals surface area contributed by atoms with Crippen LogP contribution >= 0.6 is 0 Å². The van der Waals surface area contributed by atoms with E-state index in [0.717, 1.165) is 37.4 Å². The molecule has 0 aromatic carbocycles. The fraction of sp³-hybridized carbons (Fsp3) is 0.643. The first kappa shape index (κ1) is 14.9. The second-order valence-corrected chi connectivity index (χ2v) is 4.97. The van der Waals surface area contributed by atoms with Crippen LogP contribution in [-0.4, -0.2) is 43.6 Å². The molecule has 0 bridgehead atoms. The summed E-state index contributed by atoms with van der Waals surface area (Å²) >= 11 is 0. The Labute approximate surface area is 111 Å². The van der Waals surface area contributed by atoms with Crippen molar-refractivity contribution in [2.75, 3.05) is 38.6 Å². The van der Waals surface area contributed by atoms with Crippen molar-refractivity contribution in [1.29, 1.82) is 0 Å². The highest BCUT2D eigenvalue weighted by Gasteiger charge is 2.08. The van der Waals surface area contributed by atoms with E-state index in [1.165, 1.54) is 0 Å². The molecule has 1 atom stereocenters. The Balaban J connectivity index is 2.66. The van der Waals surface area contributed by atoms with Crippen LogP contribution in [0.4, 0.5) is 5.82 Å². The molecule has 0 saturated heterocycles. The van der Waals surface area contributed by atoms with Crippen LogP contribution in [0, 0.1) is 0 Å². The number of rotatable bonds is 7. The normalized spacial score (nSPS) is 12.8. The summed E-state index contributed by atoms with van der Waals surface area (Å²) in [4.78, 5) is 8.96. The van der Waals surface area contributed by atoms with Gasteiger partial charge in [0.15, 0.2) is 0 Å². The Kier molecular flexibility index (Phi) is 6.09. The van der Waals surface area contributed by atoms with E-state index in [4.69, 9.17) is 5.73 Å². The monoisotopic (exact) mass is 250 g/mol. The van der Waals surface area contributed by atoms with Crippen molar-refractivity contribution >= 4 is 5.82 Å². The van der Waals surface area contributed by atoms with Crippen LogP contribution in [0.1, 0.15) is 31.9 Å². The van der Waals surface area contributed by atoms with E-state index in [2.05, 4.69) is 41.9 Å². The fourth-order valence-electron chi connectivity index (χ4n) is 1.90. The maximum Gasteiger partial charge on any atom is 0.128 e. The Morgan fingerprint density at radius 1 is 1.33 bits per heavy atom. The van der Waals surface area contributed by atoms with Gasteiger partial charge in [0.25, 0.3) is 0 Å². The van der Waals surface area contributed by atoms with Crippen molar-refractivity contribution in [1.82, 2.24) is 9.88 Å². The number of aromatic nitrogens is 1. The Bertz CT molecular complexity index is 349. The van der Waals surface area contributed by atoms with E-state index >= 15 is 0 Å². The first-order chi connectivity index (χ1) is 8.54. The summed E-state index contributed by atoms with van der Waals surface area (Å²) in [5.41, 5.74) is 7.06. The minimum Gasteiger partial charge on any atom is -0.357 e. The van der Waals surface area contributed by atoms with Gasteiger partial charge in [0.2, 0.25) is 0 Å². The van der Waals surface area contributed by atoms with Gasteiger partial charge in [-0.1, -0.05) is 0 Å². The molecule has 1 heterocycles. The number of nitrogens with two attached hydrogens (primary N) is 1. The van der Waals surface area contributed by atoms with Crippen LogP contribution in [0.2, 0.25) is 0 Å². The minimum absolute atomic E-state index is 0.0623. The van der Waals surface area contributed by atoms with Crippen LogP contribution in [0.15, 0.2) is 18.3 Å². The minimum atomic E-state index is 0.0623. The number of nitrogens with zero attached hydrogens (tertiary/aromatic N) is 3. The molecule has 4 nitrogen and oxygen atoms in total. The third kappa shape index (κ3) is 4.63. The largest absolute Gasteiger partial charge is 0.357 e. The number of hydrogen-bond donors (Lipinski definition) is 1. The van der Waals surface area contributed by atoms with Gasteiger partial charge in [0.1, 0.15) is 5.82 Å². The maximum atomic E-state index is 5.91. The summed E-state index contributed by atoms with van der Waals surface area (Å²) in [6.07, 6.45) is 2.99. The SMILES string of the molecule is CCN(CCCN(C)C)c1cc([C@@H](C)N)ccn1. The van der Waals surface area contributed by atoms with E-state index in [-0.39, 0.29) is 6.04 Å². The molecule has 0 amide bonds. The van der Waals surface area contributed by atoms with Crippen molar-refractivity contribution in [3.8, 4) is 0 Å². The van der Waals surface area contributed by atoms with Crippen molar-refractivity contribution in [2.24, 2.45) is 5.73 Å². The molecule has 2 N–H and O–H groups in total. The first-order valence-electron chi connectivity index (χ1n) is 6.65. The topological polar surface area (TPSA) is 45.4 Å². The van der Waals surface area contributed by atoms with Crippen molar-refractivity contribution < 1.29 is 0 Å². The molecule has 0 unspecified atom stereocenters. The number of anilines is 1. The fourth-order valence-corrected chi connectivity index (χ4v) is 1.90. The lowest BCUT2D eigenvalue weighted by Crippen LogP contribution is -2.28. The van der Waals surface area contributed by atoms with E-state index in [0.29, 0.717) is 0 Å². The highest BCUT2D eigenvalue weighted by molar-refractivity contribution is 5.41. The smallest absolute Gasteiger partial charge is 0.128 e. The number of pyridine rings is 1. The molecule has 0 fully saturated rings. The summed E-state index contributed by atoms with van der Waals surface area (Å²) in [5.74, 6) is 1.03. The first-order valence-corrected chi connectivity index (χ1v) is 6.65. The summed E-state index contributed by atoms with van der Waals surface area (Å²) in [6, 6.07) is 4.15. The van der Waals surface area contributed by atoms with E-state index in [1.54, 1.807) is 0 Å². The van der Waals surface area contributed by atoms with Crippen molar-refractivity contribution in [3.05, 3.63) is 23.9 Å². The van der Waals surface area contributed by atoms with Gasteiger partial charge in [-0.05, 0) is 58.6 Å². The summed E-state index contributed by atoms with van der Waals surface area (Å²) < 4.78 is 0. The van der Waals surface area contributed by atoms with Gasteiger partial charge in [0, 0.05) is 25.3 Å². The average Bonchev–Trinajstić information content (AvgIpc) is 2.34. The predicted octanol–water partition coefficient (Wildman–Crippen LogP) is 1.88. The molecule has 0 radical (unpaired) electrons. The lowest BCUT2D eigenvalue weighted by molar-refractivity contribution is 0.400. The van der Waals surface area contributed by atoms with Gasteiger partial charge >= 0.3 is 0 Å². The molecule has 0 aliphatic rings. The summed E-state index contributed by atoms with van der Waals surface area (Å²) in [7, 11) is 4.20. The molecule has 0 aliphatic carbocycles. The van der Waals surface area contributed by atoms with Crippen molar-refractivity contribution in [3.63, 3.8) is 0 Å². The molecule has 1 aromatic rings. The molecule has 0 saturated carbocycles. The molecule has 4 heteroatoms. The highest BCUT2D eigenvalue weighted by Crippen LogP contribution is 2.16. The molecule has 1 aromatic heterocycles. The quantitative estimate of drug-likeness (QED) is 0.802. The summed E-state index contributed by atoms with van der Waals surface area (Å²) in [6.45, 7) is 7.27. The standard InChI is InChI=1S/C14H26N4/c1-5-18(10-6-9-17(3)4)14-11-13(12(2)15)7-8-16-14/h7-8,11-12H,5-6,9-10,15H2,1-4H3/t12-/m1/s1. The third-order valence-corrected chi connectivity index (χ3v) is 3.03. The lowest BCUT2D eigenvalue weighted by atomic mass is 10.1. The molecule has 1 rings (SSSR count). The van der Waals surface area contributed by atoms with Crippen molar-refractivity contribution in [2.45, 2.75) is 26.3 Å². The lowest BCUT2D eigenvalue weighted by Gasteiger charge is -2.23. The third-order valence-electron chi connectivity index (χ3n) is 3.03. The Morgan fingerprint density at radius 3 is 2.61 bits per heavy atom. The van der Waals surface area contributed by atoms with E-state index < -0.39 is 0 Å². The molecule has 0 spiro atoms. The van der Waals surface area contributed by atoms with Gasteiger partial charge in [-0.15, -0.1) is 0 Å². The Morgan fingerprint density at radius 2 is 2.06 bits per heavy atom. The summed E-state index contributed by atoms with van der Waals surface area (Å²) in [5, 5.41) is 0. The van der Waals surface area contributed by atoms with Gasteiger partial charge in [-0.25, -0.2) is 4.98 Å². The van der Waals surface area contributed by atoms with Crippen LogP contribution < -0.4 is 10.6 Å². The second-order valence-electron chi connectivity index (χ2n) is 4.97. The maximum absolute atomic E-state index is 5.91. The van der Waals surface area contributed by atoms with Gasteiger partial charge < -0.3 is 15.5 Å². The molecule has 18 heavy (non-hydrogen) atoms. The molecular weight excluding hydrogens is 224 g/mol. The molecular formula is C14H26N4. The predicted molar refractivity (Wildman–Crippen MR) is 77.9 cm³/mol. The van der Waals surface area contributed by atoms with E-state index in [9.17, 15) is 0 Å². The second kappa shape index (κ2) is 7.34. The average molecular weight is 250 g/mol. The number of hydrogen-bond acceptors (Lipinski definition) is 4. The van der Waals surface area contributed by atoms with E-state index in [1.807, 2.05) is 19.2 Å². The Hall–Kier alpha value is -1.13. The molecule has 0 aliphatic heterocycles. The van der Waals surface area contributed by atoms with Crippen LogP contribution in [0.5, 0.6) is 0 Å².